The molecule has 0 aliphatic heterocycles. The van der Waals surface area contributed by atoms with Crippen molar-refractivity contribution in [3.63, 3.8) is 0 Å². The van der Waals surface area contributed by atoms with Crippen molar-refractivity contribution in [2.24, 2.45) is 0 Å². The molecular formula is C21H30N4O3. The number of amides is 2. The van der Waals surface area contributed by atoms with E-state index in [0.29, 0.717) is 19.4 Å². The summed E-state index contributed by atoms with van der Waals surface area (Å²) in [5.74, 6) is 0.460. The zero-order chi connectivity index (χ0) is 20.7. The van der Waals surface area contributed by atoms with E-state index in [0.717, 1.165) is 34.8 Å². The van der Waals surface area contributed by atoms with Crippen molar-refractivity contribution in [3.05, 3.63) is 41.2 Å². The Hall–Kier alpha value is -2.83. The van der Waals surface area contributed by atoms with Gasteiger partial charge in [-0.05, 0) is 51.3 Å². The van der Waals surface area contributed by atoms with Gasteiger partial charge < -0.3 is 15.4 Å². The highest BCUT2D eigenvalue weighted by atomic mass is 16.5. The second-order valence-electron chi connectivity index (χ2n) is 6.84. The van der Waals surface area contributed by atoms with Crippen LogP contribution in [0.1, 0.15) is 43.6 Å². The standard InChI is InChI=1S/C21H30N4O3/c1-6-12-22-21(27)15(3)23-20(26)11-10-19-14(2)24-25(16(19)4)17-8-7-9-18(13-17)28-5/h7-9,13,15H,6,10-12H2,1-5H3,(H,22,27)(H,23,26)/t15-/m1/s1. The van der Waals surface area contributed by atoms with Gasteiger partial charge in [-0.25, -0.2) is 4.68 Å². The number of aromatic nitrogens is 2. The van der Waals surface area contributed by atoms with E-state index in [1.807, 2.05) is 49.7 Å². The molecule has 1 heterocycles. The molecule has 1 aromatic carbocycles. The molecule has 0 radical (unpaired) electrons. The quantitative estimate of drug-likeness (QED) is 0.693. The van der Waals surface area contributed by atoms with Gasteiger partial charge in [0.1, 0.15) is 11.8 Å². The maximum Gasteiger partial charge on any atom is 0.242 e. The molecule has 2 N–H and O–H groups in total. The van der Waals surface area contributed by atoms with Crippen molar-refractivity contribution in [1.29, 1.82) is 0 Å². The number of benzene rings is 1. The Morgan fingerprint density at radius 3 is 2.71 bits per heavy atom. The van der Waals surface area contributed by atoms with E-state index >= 15 is 0 Å². The topological polar surface area (TPSA) is 85.3 Å². The van der Waals surface area contributed by atoms with Gasteiger partial charge in [-0.15, -0.1) is 0 Å². The lowest BCUT2D eigenvalue weighted by atomic mass is 10.1. The van der Waals surface area contributed by atoms with Crippen molar-refractivity contribution in [1.82, 2.24) is 20.4 Å². The fourth-order valence-electron chi connectivity index (χ4n) is 3.05. The molecule has 0 fully saturated rings. The molecule has 28 heavy (non-hydrogen) atoms. The fourth-order valence-corrected chi connectivity index (χ4v) is 3.05. The molecule has 7 nitrogen and oxygen atoms in total. The first-order valence-electron chi connectivity index (χ1n) is 9.64. The molecule has 0 saturated heterocycles. The number of methoxy groups -OCH3 is 1. The highest BCUT2D eigenvalue weighted by molar-refractivity contribution is 5.87. The molecule has 152 valence electrons. The molecule has 0 aliphatic rings. The van der Waals surface area contributed by atoms with E-state index in [1.54, 1.807) is 14.0 Å². The number of hydrogen-bond acceptors (Lipinski definition) is 4. The smallest absolute Gasteiger partial charge is 0.242 e. The number of rotatable bonds is 9. The normalized spacial score (nSPS) is 11.8. The minimum Gasteiger partial charge on any atom is -0.497 e. The number of hydrogen-bond donors (Lipinski definition) is 2. The Balaban J connectivity index is 2.02. The third-order valence-corrected chi connectivity index (χ3v) is 4.66. The summed E-state index contributed by atoms with van der Waals surface area (Å²) in [6, 6.07) is 7.16. The van der Waals surface area contributed by atoms with Crippen LogP contribution in [0, 0.1) is 13.8 Å². The number of nitrogens with one attached hydrogen (secondary N) is 2. The number of carbonyl (C=O) groups is 2. The third-order valence-electron chi connectivity index (χ3n) is 4.66. The first-order valence-corrected chi connectivity index (χ1v) is 9.64. The van der Waals surface area contributed by atoms with Crippen LogP contribution < -0.4 is 15.4 Å². The maximum absolute atomic E-state index is 12.3. The zero-order valence-electron chi connectivity index (χ0n) is 17.3. The zero-order valence-corrected chi connectivity index (χ0v) is 17.3. The molecule has 0 unspecified atom stereocenters. The van der Waals surface area contributed by atoms with Crippen LogP contribution in [0.3, 0.4) is 0 Å². The van der Waals surface area contributed by atoms with Gasteiger partial charge >= 0.3 is 0 Å². The van der Waals surface area contributed by atoms with Crippen LogP contribution in [0.5, 0.6) is 5.75 Å². The lowest BCUT2D eigenvalue weighted by Gasteiger charge is -2.13. The molecule has 0 saturated carbocycles. The molecule has 2 amide bonds. The monoisotopic (exact) mass is 386 g/mol. The van der Waals surface area contributed by atoms with Gasteiger partial charge in [0.25, 0.3) is 0 Å². The van der Waals surface area contributed by atoms with E-state index in [1.165, 1.54) is 0 Å². The highest BCUT2D eigenvalue weighted by Crippen LogP contribution is 2.22. The number of carbonyl (C=O) groups excluding carboxylic acids is 2. The average Bonchev–Trinajstić information content (AvgIpc) is 2.98. The van der Waals surface area contributed by atoms with Crippen LogP contribution >= 0.6 is 0 Å². The predicted octanol–water partition coefficient (Wildman–Crippen LogP) is 2.46. The molecule has 0 spiro atoms. The Morgan fingerprint density at radius 2 is 2.04 bits per heavy atom. The molecule has 0 bridgehead atoms. The summed E-state index contributed by atoms with van der Waals surface area (Å²) in [4.78, 5) is 24.1. The summed E-state index contributed by atoms with van der Waals surface area (Å²) in [5, 5.41) is 10.2. The van der Waals surface area contributed by atoms with Gasteiger partial charge in [0.2, 0.25) is 11.8 Å². The van der Waals surface area contributed by atoms with Crippen LogP contribution in [0.15, 0.2) is 24.3 Å². The molecule has 1 aromatic heterocycles. The predicted molar refractivity (Wildman–Crippen MR) is 109 cm³/mol. The SMILES string of the molecule is CCCNC(=O)[C@@H](C)NC(=O)CCc1c(C)nn(-c2cccc(OC)c2)c1C. The molecule has 1 atom stereocenters. The molecule has 2 aromatic rings. The lowest BCUT2D eigenvalue weighted by Crippen LogP contribution is -2.45. The second-order valence-corrected chi connectivity index (χ2v) is 6.84. The fraction of sp³-hybridized carbons (Fsp3) is 0.476. The summed E-state index contributed by atoms with van der Waals surface area (Å²) >= 11 is 0. The summed E-state index contributed by atoms with van der Waals surface area (Å²) in [7, 11) is 1.63. The number of aryl methyl sites for hydroxylation is 1. The van der Waals surface area contributed by atoms with Crippen molar-refractivity contribution < 1.29 is 14.3 Å². The lowest BCUT2D eigenvalue weighted by molar-refractivity contribution is -0.128. The molecular weight excluding hydrogens is 356 g/mol. The summed E-state index contributed by atoms with van der Waals surface area (Å²) < 4.78 is 7.15. The van der Waals surface area contributed by atoms with Crippen LogP contribution in [0.25, 0.3) is 5.69 Å². The van der Waals surface area contributed by atoms with E-state index in [9.17, 15) is 9.59 Å². The van der Waals surface area contributed by atoms with Crippen molar-refractivity contribution in [2.75, 3.05) is 13.7 Å². The van der Waals surface area contributed by atoms with Crippen molar-refractivity contribution in [2.45, 2.75) is 53.0 Å². The minimum absolute atomic E-state index is 0.146. The Morgan fingerprint density at radius 1 is 1.29 bits per heavy atom. The van der Waals surface area contributed by atoms with Gasteiger partial charge in [-0.2, -0.15) is 5.10 Å². The van der Waals surface area contributed by atoms with E-state index in [2.05, 4.69) is 15.7 Å². The Bertz CT molecular complexity index is 829. The maximum atomic E-state index is 12.3. The Kier molecular flexibility index (Phi) is 7.61. The van der Waals surface area contributed by atoms with Gasteiger partial charge in [0.05, 0.1) is 18.5 Å². The largest absolute Gasteiger partial charge is 0.497 e. The first-order chi connectivity index (χ1) is 13.4. The third kappa shape index (κ3) is 5.34. The molecule has 2 rings (SSSR count). The van der Waals surface area contributed by atoms with Crippen molar-refractivity contribution >= 4 is 11.8 Å². The summed E-state index contributed by atoms with van der Waals surface area (Å²) in [6.07, 6.45) is 1.73. The van der Waals surface area contributed by atoms with Crippen molar-refractivity contribution in [3.8, 4) is 11.4 Å². The first kappa shape index (κ1) is 21.5. The van der Waals surface area contributed by atoms with Gasteiger partial charge in [0.15, 0.2) is 0 Å². The van der Waals surface area contributed by atoms with Gasteiger partial charge in [-0.3, -0.25) is 9.59 Å². The van der Waals surface area contributed by atoms with Gasteiger partial charge in [0, 0.05) is 24.7 Å². The summed E-state index contributed by atoms with van der Waals surface area (Å²) in [6.45, 7) is 8.23. The molecule has 0 aliphatic carbocycles. The van der Waals surface area contributed by atoms with E-state index in [4.69, 9.17) is 4.74 Å². The minimum atomic E-state index is -0.541. The second kappa shape index (κ2) is 9.92. The van der Waals surface area contributed by atoms with E-state index < -0.39 is 6.04 Å². The van der Waals surface area contributed by atoms with Crippen LogP contribution in [-0.2, 0) is 16.0 Å². The Labute approximate surface area is 166 Å². The number of ether oxygens (including phenoxy) is 1. The van der Waals surface area contributed by atoms with Gasteiger partial charge in [-0.1, -0.05) is 13.0 Å². The van der Waals surface area contributed by atoms with Crippen LogP contribution in [0.2, 0.25) is 0 Å². The highest BCUT2D eigenvalue weighted by Gasteiger charge is 2.17. The average molecular weight is 386 g/mol. The van der Waals surface area contributed by atoms with Crippen LogP contribution in [0.4, 0.5) is 0 Å². The molecule has 7 heteroatoms. The summed E-state index contributed by atoms with van der Waals surface area (Å²) in [5.41, 5.74) is 3.84. The van der Waals surface area contributed by atoms with Crippen LogP contribution in [-0.4, -0.2) is 41.3 Å². The van der Waals surface area contributed by atoms with E-state index in [-0.39, 0.29) is 11.8 Å². The number of nitrogens with zero attached hydrogens (tertiary/aromatic N) is 2.